The number of carbonyl (C=O) groups excluding carboxylic acids is 2. The zero-order valence-electron chi connectivity index (χ0n) is 10.9. The van der Waals surface area contributed by atoms with E-state index >= 15 is 0 Å². The fraction of sp³-hybridized carbons (Fsp3) is 0.364. The summed E-state index contributed by atoms with van der Waals surface area (Å²) in [6, 6.07) is 0.558. The third kappa shape index (κ3) is 2.57. The predicted octanol–water partition coefficient (Wildman–Crippen LogP) is -1.30. The average Bonchev–Trinajstić information content (AvgIpc) is 2.89. The van der Waals surface area contributed by atoms with Gasteiger partial charge in [0.05, 0.1) is 13.7 Å². The predicted molar refractivity (Wildman–Crippen MR) is 65.9 cm³/mol. The molecule has 9 nitrogen and oxygen atoms in total. The van der Waals surface area contributed by atoms with Crippen LogP contribution in [0.15, 0.2) is 12.3 Å². The minimum Gasteiger partial charge on any atom is -0.467 e. The quantitative estimate of drug-likeness (QED) is 0.667. The van der Waals surface area contributed by atoms with Crippen molar-refractivity contribution in [3.63, 3.8) is 0 Å². The summed E-state index contributed by atoms with van der Waals surface area (Å²) in [6.07, 6.45) is 1.55. The first kappa shape index (κ1) is 13.9. The lowest BCUT2D eigenvalue weighted by molar-refractivity contribution is -0.143. The molecule has 0 aliphatic heterocycles. The maximum absolute atomic E-state index is 11.9. The monoisotopic (exact) mass is 279 g/mol. The molecule has 2 N–H and O–H groups in total. The highest BCUT2D eigenvalue weighted by Gasteiger charge is 2.23. The molecule has 0 aromatic carbocycles. The lowest BCUT2D eigenvalue weighted by Crippen LogP contribution is -2.44. The average molecular weight is 279 g/mol. The van der Waals surface area contributed by atoms with E-state index in [2.05, 4.69) is 25.1 Å². The van der Waals surface area contributed by atoms with Crippen LogP contribution in [0.1, 0.15) is 16.3 Å². The number of aromatic nitrogens is 4. The Morgan fingerprint density at radius 3 is 2.90 bits per heavy atom. The summed E-state index contributed by atoms with van der Waals surface area (Å²) in [4.78, 5) is 31.1. The normalized spacial score (nSPS) is 12.2. The van der Waals surface area contributed by atoms with Gasteiger partial charge >= 0.3 is 5.97 Å². The number of hydrogen-bond donors (Lipinski definition) is 2. The van der Waals surface area contributed by atoms with Gasteiger partial charge in [0.25, 0.3) is 11.7 Å². The lowest BCUT2D eigenvalue weighted by Gasteiger charge is -2.11. The Hall–Kier alpha value is -2.55. The van der Waals surface area contributed by atoms with E-state index in [0.717, 1.165) is 12.8 Å². The molecule has 0 spiro atoms. The number of ether oxygens (including phenoxy) is 1. The Labute approximate surface area is 113 Å². The molecule has 2 aromatic rings. The number of hydrogen-bond acceptors (Lipinski definition) is 7. The second-order valence-corrected chi connectivity index (χ2v) is 3.97. The number of aliphatic hydroxyl groups is 1. The molecule has 9 heteroatoms. The van der Waals surface area contributed by atoms with E-state index in [-0.39, 0.29) is 11.6 Å². The Morgan fingerprint density at radius 2 is 2.30 bits per heavy atom. The lowest BCUT2D eigenvalue weighted by atomic mass is 10.3. The van der Waals surface area contributed by atoms with Crippen molar-refractivity contribution in [2.24, 2.45) is 0 Å². The van der Waals surface area contributed by atoms with Crippen LogP contribution in [0.5, 0.6) is 0 Å². The summed E-state index contributed by atoms with van der Waals surface area (Å²) in [7, 11) is 1.16. The Balaban J connectivity index is 2.23. The summed E-state index contributed by atoms with van der Waals surface area (Å²) in [5.41, 5.74) is 0.758. The van der Waals surface area contributed by atoms with Gasteiger partial charge in [-0.2, -0.15) is 4.98 Å². The van der Waals surface area contributed by atoms with E-state index in [9.17, 15) is 9.59 Å². The van der Waals surface area contributed by atoms with E-state index in [0.29, 0.717) is 0 Å². The maximum atomic E-state index is 11.9. The van der Waals surface area contributed by atoms with Gasteiger partial charge in [-0.25, -0.2) is 14.3 Å². The van der Waals surface area contributed by atoms with Crippen LogP contribution in [-0.2, 0) is 9.53 Å². The van der Waals surface area contributed by atoms with Crippen LogP contribution in [0.4, 0.5) is 0 Å². The summed E-state index contributed by atoms with van der Waals surface area (Å²) in [5.74, 6) is -1.32. The summed E-state index contributed by atoms with van der Waals surface area (Å²) < 4.78 is 5.85. The van der Waals surface area contributed by atoms with Gasteiger partial charge in [0.2, 0.25) is 5.82 Å². The number of nitrogens with zero attached hydrogens (tertiary/aromatic N) is 4. The molecular formula is C11H13N5O4. The molecule has 0 aliphatic carbocycles. The van der Waals surface area contributed by atoms with Crippen molar-refractivity contribution in [3.05, 3.63) is 23.8 Å². The zero-order chi connectivity index (χ0) is 14.7. The topological polar surface area (TPSA) is 119 Å². The highest BCUT2D eigenvalue weighted by atomic mass is 16.5. The molecule has 20 heavy (non-hydrogen) atoms. The number of carbonyl (C=O) groups is 2. The van der Waals surface area contributed by atoms with E-state index in [4.69, 9.17) is 5.11 Å². The van der Waals surface area contributed by atoms with Gasteiger partial charge in [-0.15, -0.1) is 5.10 Å². The first-order chi connectivity index (χ1) is 9.56. The molecule has 0 saturated heterocycles. The van der Waals surface area contributed by atoms with Crippen LogP contribution >= 0.6 is 0 Å². The molecule has 106 valence electrons. The minimum atomic E-state index is -1.16. The molecule has 2 heterocycles. The summed E-state index contributed by atoms with van der Waals surface area (Å²) >= 11 is 0. The third-order valence-corrected chi connectivity index (χ3v) is 2.61. The SMILES string of the molecule is COC(=O)C(CO)NC(=O)c1nc2nccc(C)n2n1. The molecule has 0 saturated carbocycles. The van der Waals surface area contributed by atoms with Crippen LogP contribution in [0, 0.1) is 6.92 Å². The second kappa shape index (κ2) is 5.61. The Morgan fingerprint density at radius 1 is 1.55 bits per heavy atom. The number of nitrogens with one attached hydrogen (secondary N) is 1. The molecular weight excluding hydrogens is 266 g/mol. The zero-order valence-corrected chi connectivity index (χ0v) is 10.9. The number of aryl methyl sites for hydroxylation is 1. The fourth-order valence-electron chi connectivity index (χ4n) is 1.55. The van der Waals surface area contributed by atoms with E-state index in [1.165, 1.54) is 4.52 Å². The number of esters is 1. The van der Waals surface area contributed by atoms with Crippen molar-refractivity contribution >= 4 is 17.7 Å². The van der Waals surface area contributed by atoms with Crippen molar-refractivity contribution in [2.75, 3.05) is 13.7 Å². The molecule has 0 radical (unpaired) electrons. The van der Waals surface area contributed by atoms with Crippen LogP contribution in [0.25, 0.3) is 5.78 Å². The number of fused-ring (bicyclic) bond motifs is 1. The van der Waals surface area contributed by atoms with Crippen LogP contribution in [0.2, 0.25) is 0 Å². The molecule has 2 rings (SSSR count). The van der Waals surface area contributed by atoms with E-state index < -0.39 is 24.5 Å². The standard InChI is InChI=1S/C11H13N5O4/c1-6-3-4-12-11-14-8(15-16(6)11)9(18)13-7(5-17)10(19)20-2/h3-4,7,17H,5H2,1-2H3,(H,13,18). The van der Waals surface area contributed by atoms with Crippen LogP contribution < -0.4 is 5.32 Å². The maximum Gasteiger partial charge on any atom is 0.330 e. The van der Waals surface area contributed by atoms with Crippen molar-refractivity contribution < 1.29 is 19.4 Å². The van der Waals surface area contributed by atoms with Crippen molar-refractivity contribution in [2.45, 2.75) is 13.0 Å². The number of rotatable bonds is 4. The first-order valence-corrected chi connectivity index (χ1v) is 5.74. The Bertz CT molecular complexity index is 653. The largest absolute Gasteiger partial charge is 0.467 e. The van der Waals surface area contributed by atoms with Crippen molar-refractivity contribution in [3.8, 4) is 0 Å². The van der Waals surface area contributed by atoms with Gasteiger partial charge in [0.15, 0.2) is 6.04 Å². The van der Waals surface area contributed by atoms with Crippen molar-refractivity contribution in [1.29, 1.82) is 0 Å². The van der Waals surface area contributed by atoms with Gasteiger partial charge in [-0.1, -0.05) is 0 Å². The molecule has 0 bridgehead atoms. The fourth-order valence-corrected chi connectivity index (χ4v) is 1.55. The highest BCUT2D eigenvalue weighted by molar-refractivity contribution is 5.94. The Kier molecular flexibility index (Phi) is 3.89. The summed E-state index contributed by atoms with van der Waals surface area (Å²) in [5, 5.41) is 15.3. The minimum absolute atomic E-state index is 0.144. The molecule has 0 fully saturated rings. The number of amides is 1. The molecule has 2 aromatic heterocycles. The highest BCUT2D eigenvalue weighted by Crippen LogP contribution is 2.02. The molecule has 0 aliphatic rings. The van der Waals surface area contributed by atoms with Crippen molar-refractivity contribution in [1.82, 2.24) is 24.9 Å². The van der Waals surface area contributed by atoms with Gasteiger partial charge in [-0.05, 0) is 13.0 Å². The van der Waals surface area contributed by atoms with Gasteiger partial charge in [0, 0.05) is 11.9 Å². The number of methoxy groups -OCH3 is 1. The summed E-state index contributed by atoms with van der Waals surface area (Å²) in [6.45, 7) is 1.21. The van der Waals surface area contributed by atoms with Gasteiger partial charge < -0.3 is 15.2 Å². The molecule has 1 unspecified atom stereocenters. The molecule has 1 amide bonds. The van der Waals surface area contributed by atoms with Gasteiger partial charge in [0.1, 0.15) is 0 Å². The van der Waals surface area contributed by atoms with E-state index in [1.807, 2.05) is 0 Å². The van der Waals surface area contributed by atoms with E-state index in [1.54, 1.807) is 19.2 Å². The first-order valence-electron chi connectivity index (χ1n) is 5.74. The van der Waals surface area contributed by atoms with Crippen LogP contribution in [-0.4, -0.2) is 56.3 Å². The number of aliphatic hydroxyl groups excluding tert-OH is 1. The van der Waals surface area contributed by atoms with Crippen LogP contribution in [0.3, 0.4) is 0 Å². The molecule has 1 atom stereocenters. The van der Waals surface area contributed by atoms with Gasteiger partial charge in [-0.3, -0.25) is 4.79 Å². The smallest absolute Gasteiger partial charge is 0.330 e. The third-order valence-electron chi connectivity index (χ3n) is 2.61. The second-order valence-electron chi connectivity index (χ2n) is 3.97.